The van der Waals surface area contributed by atoms with E-state index in [0.29, 0.717) is 35.6 Å². The molecule has 1 aliphatic carbocycles. The van der Waals surface area contributed by atoms with Crippen molar-refractivity contribution in [1.82, 2.24) is 4.90 Å². The number of ketones is 1. The molecule has 0 N–H and O–H groups in total. The van der Waals surface area contributed by atoms with Crippen molar-refractivity contribution in [3.63, 3.8) is 0 Å². The van der Waals surface area contributed by atoms with Gasteiger partial charge in [-0.1, -0.05) is 13.8 Å². The zero-order valence-corrected chi connectivity index (χ0v) is 17.9. The van der Waals surface area contributed by atoms with Gasteiger partial charge in [0.05, 0.1) is 44.1 Å². The van der Waals surface area contributed by atoms with E-state index < -0.39 is 12.5 Å². The number of hydrogen-bond donors (Lipinski definition) is 0. The number of ether oxygens (including phenoxy) is 2. The van der Waals surface area contributed by atoms with Crippen LogP contribution in [0.25, 0.3) is 0 Å². The molecule has 2 heterocycles. The number of carbonyl (C=O) groups excluding carboxylic acids is 2. The fraction of sp³-hybridized carbons (Fsp3) is 0.522. The van der Waals surface area contributed by atoms with Gasteiger partial charge >= 0.3 is 0 Å². The highest BCUT2D eigenvalue weighted by Gasteiger charge is 2.44. The lowest BCUT2D eigenvalue weighted by atomic mass is 9.71. The molecule has 0 saturated carbocycles. The molecular weight excluding hydrogens is 384 g/mol. The first-order valence-electron chi connectivity index (χ1n) is 10.3. The second-order valence-corrected chi connectivity index (χ2v) is 8.97. The molecule has 1 aromatic carbocycles. The molecule has 4 rings (SSSR count). The molecule has 0 saturated heterocycles. The van der Waals surface area contributed by atoms with Crippen LogP contribution in [0.2, 0.25) is 0 Å². The predicted octanol–water partition coefficient (Wildman–Crippen LogP) is 1.84. The lowest BCUT2D eigenvalue weighted by Crippen LogP contribution is -2.46. The smallest absolute Gasteiger partial charge is 0.166 e. The third kappa shape index (κ3) is 3.46. The number of fused-ring (bicyclic) bond motifs is 4. The Bertz CT molecular complexity index is 976. The fourth-order valence-electron chi connectivity index (χ4n) is 5.02. The Morgan fingerprint density at radius 1 is 1.23 bits per heavy atom. The number of benzene rings is 1. The van der Waals surface area contributed by atoms with E-state index in [2.05, 4.69) is 23.7 Å². The van der Waals surface area contributed by atoms with E-state index in [9.17, 15) is 14.7 Å². The first-order chi connectivity index (χ1) is 14.2. The van der Waals surface area contributed by atoms with E-state index in [-0.39, 0.29) is 17.2 Å². The van der Waals surface area contributed by atoms with Gasteiger partial charge in [-0.3, -0.25) is 9.79 Å². The van der Waals surface area contributed by atoms with Gasteiger partial charge in [0.25, 0.3) is 0 Å². The Balaban J connectivity index is 1.85. The minimum Gasteiger partial charge on any atom is -0.548 e. The lowest BCUT2D eigenvalue weighted by molar-refractivity contribution is -0.303. The number of aliphatic imine (C=N–C) groups is 1. The molecule has 0 radical (unpaired) electrons. The van der Waals surface area contributed by atoms with Gasteiger partial charge in [-0.05, 0) is 41.5 Å². The maximum atomic E-state index is 13.0. The van der Waals surface area contributed by atoms with Crippen molar-refractivity contribution in [3.8, 4) is 11.5 Å². The van der Waals surface area contributed by atoms with Gasteiger partial charge in [0.2, 0.25) is 0 Å². The van der Waals surface area contributed by atoms with Crippen LogP contribution in [0.1, 0.15) is 50.3 Å². The van der Waals surface area contributed by atoms with Gasteiger partial charge in [0.15, 0.2) is 17.3 Å². The summed E-state index contributed by atoms with van der Waals surface area (Å²) in [6.07, 6.45) is 2.53. The maximum absolute atomic E-state index is 13.0. The van der Waals surface area contributed by atoms with E-state index in [1.807, 2.05) is 12.1 Å². The van der Waals surface area contributed by atoms with Gasteiger partial charge < -0.3 is 24.3 Å². The number of hydrogen-bond acceptors (Lipinski definition) is 7. The van der Waals surface area contributed by atoms with E-state index >= 15 is 0 Å². The molecule has 160 valence electrons. The number of carboxylic acid groups (broad SMARTS) is 1. The van der Waals surface area contributed by atoms with Crippen LogP contribution >= 0.6 is 0 Å². The summed E-state index contributed by atoms with van der Waals surface area (Å²) in [6.45, 7) is 4.56. The number of carbonyl (C=O) groups is 2. The van der Waals surface area contributed by atoms with Gasteiger partial charge in [0.1, 0.15) is 0 Å². The number of methoxy groups -OCH3 is 2. The number of Topliss-reactive ketones (excluding diaryl/α,β-unsaturated/α-hetero) is 1. The first-order valence-corrected chi connectivity index (χ1v) is 10.3. The van der Waals surface area contributed by atoms with E-state index in [0.717, 1.165) is 30.6 Å². The molecule has 0 bridgehead atoms. The average molecular weight is 411 g/mol. The van der Waals surface area contributed by atoms with Crippen molar-refractivity contribution in [1.29, 1.82) is 0 Å². The van der Waals surface area contributed by atoms with Crippen molar-refractivity contribution in [2.75, 3.05) is 27.3 Å². The molecule has 1 aromatic rings. The minimum absolute atomic E-state index is 0.0190. The first kappa shape index (κ1) is 20.4. The van der Waals surface area contributed by atoms with Crippen LogP contribution in [-0.4, -0.2) is 49.7 Å². The molecule has 1 atom stereocenters. The number of allylic oxidation sites excluding steroid dienone is 2. The van der Waals surface area contributed by atoms with Crippen LogP contribution in [0.3, 0.4) is 0 Å². The Kier molecular flexibility index (Phi) is 5.08. The summed E-state index contributed by atoms with van der Waals surface area (Å²) in [7, 11) is 3.24. The van der Waals surface area contributed by atoms with Gasteiger partial charge in [-0.2, -0.15) is 0 Å². The zero-order chi connectivity index (χ0) is 21.6. The van der Waals surface area contributed by atoms with Crippen LogP contribution in [0.4, 0.5) is 0 Å². The molecule has 0 spiro atoms. The summed E-state index contributed by atoms with van der Waals surface area (Å²) in [5.41, 5.74) is 4.34. The largest absolute Gasteiger partial charge is 0.548 e. The van der Waals surface area contributed by atoms with E-state index in [1.165, 1.54) is 5.56 Å². The monoisotopic (exact) mass is 411 g/mol. The average Bonchev–Trinajstić information content (AvgIpc) is 2.69. The summed E-state index contributed by atoms with van der Waals surface area (Å²) < 4.78 is 11.0. The molecule has 7 heteroatoms. The van der Waals surface area contributed by atoms with Crippen molar-refractivity contribution < 1.29 is 24.2 Å². The van der Waals surface area contributed by atoms with E-state index in [4.69, 9.17) is 9.47 Å². The number of rotatable bonds is 4. The molecule has 0 fully saturated rings. The molecular formula is C23H27N2O5-. The molecule has 0 unspecified atom stereocenters. The quantitative estimate of drug-likeness (QED) is 0.751. The van der Waals surface area contributed by atoms with Gasteiger partial charge in [-0.15, -0.1) is 0 Å². The predicted molar refractivity (Wildman–Crippen MR) is 110 cm³/mol. The van der Waals surface area contributed by atoms with Crippen LogP contribution in [0, 0.1) is 5.41 Å². The number of carboxylic acids is 1. The normalized spacial score (nSPS) is 23.6. The molecule has 30 heavy (non-hydrogen) atoms. The highest BCUT2D eigenvalue weighted by Crippen LogP contribution is 2.49. The summed E-state index contributed by atoms with van der Waals surface area (Å²) in [5.74, 6) is 0.160. The second-order valence-electron chi connectivity index (χ2n) is 8.97. The fourth-order valence-corrected chi connectivity index (χ4v) is 5.02. The highest BCUT2D eigenvalue weighted by molar-refractivity contribution is 6.24. The molecule has 3 aliphatic rings. The molecule has 0 aromatic heterocycles. The maximum Gasteiger partial charge on any atom is 0.166 e. The molecule has 0 amide bonds. The van der Waals surface area contributed by atoms with Crippen molar-refractivity contribution in [2.45, 2.75) is 45.6 Å². The Hall–Kier alpha value is -2.83. The van der Waals surface area contributed by atoms with Crippen LogP contribution < -0.4 is 14.6 Å². The Morgan fingerprint density at radius 2 is 1.93 bits per heavy atom. The zero-order valence-electron chi connectivity index (χ0n) is 17.9. The SMILES string of the molecule is COc1cc2c(cc1OC)[C@@H]1CC(=NCC(=O)[O-])C3=C(CC(C)(C)CC3=O)N1CC2. The Morgan fingerprint density at radius 3 is 2.60 bits per heavy atom. The van der Waals surface area contributed by atoms with Crippen LogP contribution in [0.5, 0.6) is 11.5 Å². The summed E-state index contributed by atoms with van der Waals surface area (Å²) in [5, 5.41) is 11.1. The molecule has 7 nitrogen and oxygen atoms in total. The third-order valence-electron chi connectivity index (χ3n) is 6.28. The third-order valence-corrected chi connectivity index (χ3v) is 6.28. The summed E-state index contributed by atoms with van der Waals surface area (Å²) in [6, 6.07) is 4.00. The Labute approximate surface area is 176 Å². The standard InChI is InChI=1S/C23H28N2O5/c1-23(2)10-17-22(18(26)11-23)15(24-12-21(27)28)9-16-14-8-20(30-4)19(29-3)7-13(14)5-6-25(16)17/h7-8,16H,5-6,9-12H2,1-4H3,(H,27,28)/p-1/t16-/m0/s1. The van der Waals surface area contributed by atoms with E-state index in [1.54, 1.807) is 14.2 Å². The van der Waals surface area contributed by atoms with Crippen LogP contribution in [-0.2, 0) is 16.0 Å². The topological polar surface area (TPSA) is 91.3 Å². The summed E-state index contributed by atoms with van der Waals surface area (Å²) in [4.78, 5) is 30.7. The highest BCUT2D eigenvalue weighted by atomic mass is 16.5. The molecule has 2 aliphatic heterocycles. The number of aliphatic carboxylic acids is 1. The van der Waals surface area contributed by atoms with Gasteiger partial charge in [0, 0.05) is 25.1 Å². The van der Waals surface area contributed by atoms with Crippen molar-refractivity contribution >= 4 is 17.5 Å². The summed E-state index contributed by atoms with van der Waals surface area (Å²) >= 11 is 0. The van der Waals surface area contributed by atoms with Crippen LogP contribution in [0.15, 0.2) is 28.4 Å². The number of nitrogens with zero attached hydrogens (tertiary/aromatic N) is 2. The van der Waals surface area contributed by atoms with Gasteiger partial charge in [-0.25, -0.2) is 0 Å². The van der Waals surface area contributed by atoms with Crippen molar-refractivity contribution in [2.24, 2.45) is 10.4 Å². The lowest BCUT2D eigenvalue weighted by Gasteiger charge is -2.48. The second kappa shape index (κ2) is 7.45. The minimum atomic E-state index is -1.24. The van der Waals surface area contributed by atoms with Crippen molar-refractivity contribution in [3.05, 3.63) is 34.5 Å².